The van der Waals surface area contributed by atoms with E-state index in [9.17, 15) is 18.4 Å². The predicted molar refractivity (Wildman–Crippen MR) is 117 cm³/mol. The van der Waals surface area contributed by atoms with Crippen molar-refractivity contribution in [2.24, 2.45) is 0 Å². The number of urea groups is 1. The molecule has 1 heterocycles. The van der Waals surface area contributed by atoms with Gasteiger partial charge in [0.15, 0.2) is 0 Å². The van der Waals surface area contributed by atoms with Gasteiger partial charge in [0.05, 0.1) is 18.8 Å². The van der Waals surface area contributed by atoms with Crippen molar-refractivity contribution in [3.63, 3.8) is 0 Å². The third-order valence-corrected chi connectivity index (χ3v) is 5.09. The van der Waals surface area contributed by atoms with E-state index in [1.807, 2.05) is 30.3 Å². The lowest BCUT2D eigenvalue weighted by molar-refractivity contribution is -0.115. The Morgan fingerprint density at radius 1 is 0.906 bits per heavy atom. The summed E-state index contributed by atoms with van der Waals surface area (Å²) in [5.74, 6) is -3.70. The van der Waals surface area contributed by atoms with Crippen LogP contribution in [-0.2, 0) is 26.8 Å². The maximum atomic E-state index is 14.5. The summed E-state index contributed by atoms with van der Waals surface area (Å²) in [5.41, 5.74) is 0.970. The number of halogens is 2. The monoisotopic (exact) mass is 446 g/mol. The molecule has 3 amide bonds. The van der Waals surface area contributed by atoms with Crippen LogP contribution in [0.1, 0.15) is 36.8 Å². The molecule has 0 unspecified atom stereocenters. The normalized spacial score (nSPS) is 14.1. The number of benzene rings is 2. The Bertz CT molecular complexity index is 877. The fourth-order valence-corrected chi connectivity index (χ4v) is 3.37. The van der Waals surface area contributed by atoms with Crippen LogP contribution < -0.4 is 10.2 Å². The Kier molecular flexibility index (Phi) is 8.70. The molecule has 1 fully saturated rings. The Hall–Kier alpha value is -2.84. The molecule has 0 spiro atoms. The molecule has 172 valence electrons. The average Bonchev–Trinajstić information content (AvgIpc) is 3.13. The zero-order valence-corrected chi connectivity index (χ0v) is 17.9. The lowest BCUT2D eigenvalue weighted by Gasteiger charge is -2.19. The second-order valence-electron chi connectivity index (χ2n) is 7.65. The molecule has 0 bridgehead atoms. The first-order valence-electron chi connectivity index (χ1n) is 10.8. The van der Waals surface area contributed by atoms with E-state index < -0.39 is 24.5 Å². The molecule has 1 aliphatic heterocycles. The Morgan fingerprint density at radius 2 is 1.62 bits per heavy atom. The van der Waals surface area contributed by atoms with Crippen molar-refractivity contribution >= 4 is 17.6 Å². The Labute approximate surface area is 186 Å². The fourth-order valence-electron chi connectivity index (χ4n) is 3.37. The number of amides is 3. The number of ether oxygens (including phenoxy) is 2. The third-order valence-electron chi connectivity index (χ3n) is 5.09. The van der Waals surface area contributed by atoms with Crippen molar-refractivity contribution in [2.45, 2.75) is 38.2 Å². The molecule has 2 aromatic rings. The van der Waals surface area contributed by atoms with Crippen LogP contribution >= 0.6 is 0 Å². The highest BCUT2D eigenvalue weighted by Crippen LogP contribution is 2.31. The number of anilines is 1. The molecule has 0 atom stereocenters. The van der Waals surface area contributed by atoms with E-state index in [0.29, 0.717) is 19.6 Å². The van der Waals surface area contributed by atoms with Gasteiger partial charge >= 0.3 is 6.03 Å². The van der Waals surface area contributed by atoms with Gasteiger partial charge in [-0.05, 0) is 30.5 Å². The molecule has 8 heteroatoms. The molecule has 3 rings (SSSR count). The molecule has 1 N–H and O–H groups in total. The molecule has 32 heavy (non-hydrogen) atoms. The van der Waals surface area contributed by atoms with E-state index in [-0.39, 0.29) is 24.4 Å². The number of nitrogens with one attached hydrogen (secondary N) is 1. The summed E-state index contributed by atoms with van der Waals surface area (Å²) in [5, 5.41) is 2.37. The Balaban J connectivity index is 1.31. The summed E-state index contributed by atoms with van der Waals surface area (Å²) in [6.45, 7) is 0.615. The number of hydrogen-bond acceptors (Lipinski definition) is 4. The minimum Gasteiger partial charge on any atom is -0.377 e. The van der Waals surface area contributed by atoms with E-state index in [4.69, 9.17) is 9.47 Å². The summed E-state index contributed by atoms with van der Waals surface area (Å²) in [6.07, 6.45) is 3.43. The number of rotatable bonds is 13. The van der Waals surface area contributed by atoms with Gasteiger partial charge in [0.1, 0.15) is 6.61 Å². The lowest BCUT2D eigenvalue weighted by Crippen LogP contribution is -2.31. The first-order valence-corrected chi connectivity index (χ1v) is 10.8. The number of imide groups is 1. The number of alkyl halides is 2. The van der Waals surface area contributed by atoms with Crippen LogP contribution in [0.5, 0.6) is 0 Å². The molecule has 1 saturated heterocycles. The standard InChI is InChI=1S/C24H28F2N2O4/c25-24(26,20-11-8-12-21(15-20)28-22(29)16-27-23(28)30)18-32-14-7-2-1-6-13-31-17-19-9-4-3-5-10-19/h3-5,8-12,15H,1-2,6-7,13-14,16-18H2,(H,27,30). The molecule has 2 aromatic carbocycles. The van der Waals surface area contributed by atoms with Gasteiger partial charge in [0, 0.05) is 18.8 Å². The van der Waals surface area contributed by atoms with Crippen LogP contribution in [0.4, 0.5) is 19.3 Å². The number of nitrogens with zero attached hydrogens (tertiary/aromatic N) is 1. The van der Waals surface area contributed by atoms with Gasteiger partial charge in [0.25, 0.3) is 11.8 Å². The number of unbranched alkanes of at least 4 members (excludes halogenated alkanes) is 3. The van der Waals surface area contributed by atoms with Crippen molar-refractivity contribution in [3.05, 3.63) is 65.7 Å². The first kappa shape index (κ1) is 23.8. The van der Waals surface area contributed by atoms with Crippen LogP contribution in [0.3, 0.4) is 0 Å². The summed E-state index contributed by atoms with van der Waals surface area (Å²) in [4.78, 5) is 24.4. The second kappa shape index (κ2) is 11.7. The van der Waals surface area contributed by atoms with Gasteiger partial charge in [-0.25, -0.2) is 9.69 Å². The minimum absolute atomic E-state index is 0.122. The van der Waals surface area contributed by atoms with Crippen molar-refractivity contribution in [3.8, 4) is 0 Å². The Morgan fingerprint density at radius 3 is 2.31 bits per heavy atom. The highest BCUT2D eigenvalue weighted by atomic mass is 19.3. The molecule has 0 radical (unpaired) electrons. The zero-order chi connectivity index (χ0) is 22.8. The first-order chi connectivity index (χ1) is 15.5. The maximum Gasteiger partial charge on any atom is 0.329 e. The highest BCUT2D eigenvalue weighted by molar-refractivity contribution is 6.19. The molecule has 0 saturated carbocycles. The largest absolute Gasteiger partial charge is 0.377 e. The van der Waals surface area contributed by atoms with Crippen molar-refractivity contribution in [1.82, 2.24) is 5.32 Å². The number of hydrogen-bond donors (Lipinski definition) is 1. The summed E-state index contributed by atoms with van der Waals surface area (Å²) < 4.78 is 39.9. The van der Waals surface area contributed by atoms with Gasteiger partial charge < -0.3 is 14.8 Å². The van der Waals surface area contributed by atoms with Crippen LogP contribution in [0.25, 0.3) is 0 Å². The van der Waals surface area contributed by atoms with Crippen molar-refractivity contribution in [2.75, 3.05) is 31.3 Å². The van der Waals surface area contributed by atoms with E-state index in [0.717, 1.165) is 35.8 Å². The molecular formula is C24H28F2N2O4. The third kappa shape index (κ3) is 6.83. The molecule has 0 aliphatic carbocycles. The molecule has 0 aromatic heterocycles. The molecule has 6 nitrogen and oxygen atoms in total. The van der Waals surface area contributed by atoms with Crippen molar-refractivity contribution < 1.29 is 27.8 Å². The average molecular weight is 446 g/mol. The summed E-state index contributed by atoms with van der Waals surface area (Å²) in [6, 6.07) is 14.6. The van der Waals surface area contributed by atoms with Gasteiger partial charge in [-0.15, -0.1) is 0 Å². The van der Waals surface area contributed by atoms with E-state index in [1.165, 1.54) is 18.2 Å². The van der Waals surface area contributed by atoms with Crippen LogP contribution in [-0.4, -0.2) is 38.3 Å². The van der Waals surface area contributed by atoms with E-state index >= 15 is 0 Å². The minimum atomic E-state index is -3.22. The fraction of sp³-hybridized carbons (Fsp3) is 0.417. The van der Waals surface area contributed by atoms with Crippen molar-refractivity contribution in [1.29, 1.82) is 0 Å². The summed E-state index contributed by atoms with van der Waals surface area (Å²) in [7, 11) is 0. The van der Waals surface area contributed by atoms with Crippen LogP contribution in [0.15, 0.2) is 54.6 Å². The maximum absolute atomic E-state index is 14.5. The van der Waals surface area contributed by atoms with Crippen LogP contribution in [0.2, 0.25) is 0 Å². The predicted octanol–water partition coefficient (Wildman–Crippen LogP) is 4.63. The summed E-state index contributed by atoms with van der Waals surface area (Å²) >= 11 is 0. The van der Waals surface area contributed by atoms with E-state index in [2.05, 4.69) is 5.32 Å². The molecular weight excluding hydrogens is 418 g/mol. The highest BCUT2D eigenvalue weighted by Gasteiger charge is 2.35. The van der Waals surface area contributed by atoms with Gasteiger partial charge in [0.2, 0.25) is 0 Å². The lowest BCUT2D eigenvalue weighted by atomic mass is 10.1. The quantitative estimate of drug-likeness (QED) is 0.360. The zero-order valence-electron chi connectivity index (χ0n) is 17.9. The number of carbonyl (C=O) groups is 2. The van der Waals surface area contributed by atoms with Crippen LogP contribution in [0, 0.1) is 0 Å². The SMILES string of the molecule is O=C1CNC(=O)N1c1cccc(C(F)(F)COCCCCCCOCc2ccccc2)c1. The number of carbonyl (C=O) groups excluding carboxylic acids is 2. The molecule has 1 aliphatic rings. The van der Waals surface area contributed by atoms with Gasteiger partial charge in [-0.2, -0.15) is 8.78 Å². The second-order valence-corrected chi connectivity index (χ2v) is 7.65. The van der Waals surface area contributed by atoms with E-state index in [1.54, 1.807) is 0 Å². The smallest absolute Gasteiger partial charge is 0.329 e. The van der Waals surface area contributed by atoms with Gasteiger partial charge in [-0.1, -0.05) is 55.3 Å². The topological polar surface area (TPSA) is 67.9 Å². The van der Waals surface area contributed by atoms with Gasteiger partial charge in [-0.3, -0.25) is 4.79 Å².